The van der Waals surface area contributed by atoms with Crippen LogP contribution in [-0.4, -0.2) is 66.1 Å². The van der Waals surface area contributed by atoms with E-state index in [2.05, 4.69) is 65.9 Å². The standard InChI is InChI=1S/C31H43NO4.C23H32O4.C8H11NO/c1-20-26(32-19-21-9-11-23(34-5)12-10-21)18-27-30(2,3)13-8-14-31(27,4)28(20)29(33)22-15-24(35-6)17-25(16-22)36-7;1-14-18(24)13-19-22(2,3)8-7-9-23(19,4)20(14)21(25)15-10-16(26-5)12-17(11-15)27-6;1-10-8-4-2-7(6-9)3-5-8/h9-12,15-17,20,26-28,32H,8,13-14,18-19H2,1-7H3;10-12,14,19-20H,7-9,13H2,1-6H3;2-5H,6,9H2,1H3/t20-,26-,27+,28-,31+;14-,19-,20+,23-;/m10./s1. The van der Waals surface area contributed by atoms with Gasteiger partial charge in [0.05, 0.1) is 42.7 Å². The lowest BCUT2D eigenvalue weighted by molar-refractivity contribution is -0.143. The van der Waals surface area contributed by atoms with Crippen molar-refractivity contribution in [3.05, 3.63) is 107 Å². The number of Topliss-reactive ketones (excluding diaryl/α,β-unsaturated/α-hetero) is 3. The van der Waals surface area contributed by atoms with Gasteiger partial charge in [-0.05, 0) is 131 Å². The highest BCUT2D eigenvalue weighted by molar-refractivity contribution is 6.03. The molecule has 0 aromatic heterocycles. The summed E-state index contributed by atoms with van der Waals surface area (Å²) in [6, 6.07) is 27.1. The molecule has 0 unspecified atom stereocenters. The fourth-order valence-electron chi connectivity index (χ4n) is 14.0. The zero-order chi connectivity index (χ0) is 53.5. The van der Waals surface area contributed by atoms with E-state index in [9.17, 15) is 14.4 Å². The third kappa shape index (κ3) is 12.4. The van der Waals surface area contributed by atoms with Crippen molar-refractivity contribution in [3.8, 4) is 34.5 Å². The van der Waals surface area contributed by atoms with Crippen molar-refractivity contribution >= 4 is 17.3 Å². The summed E-state index contributed by atoms with van der Waals surface area (Å²) in [7, 11) is 9.76. The predicted octanol–water partition coefficient (Wildman–Crippen LogP) is 12.6. The number of hydrogen-bond acceptors (Lipinski definition) is 11. The van der Waals surface area contributed by atoms with E-state index in [1.54, 1.807) is 60.9 Å². The fourth-order valence-corrected chi connectivity index (χ4v) is 14.0. The molecule has 11 heteroatoms. The zero-order valence-electron chi connectivity index (χ0n) is 46.4. The van der Waals surface area contributed by atoms with Gasteiger partial charge in [-0.25, -0.2) is 0 Å². The molecule has 4 aromatic carbocycles. The molecule has 0 saturated heterocycles. The minimum Gasteiger partial charge on any atom is -0.497 e. The van der Waals surface area contributed by atoms with Crippen molar-refractivity contribution in [1.82, 2.24) is 5.32 Å². The van der Waals surface area contributed by atoms with Crippen LogP contribution in [0.3, 0.4) is 0 Å². The molecule has 0 radical (unpaired) electrons. The average molecular weight is 1000 g/mol. The van der Waals surface area contributed by atoms with Gasteiger partial charge in [0.15, 0.2) is 11.6 Å². The van der Waals surface area contributed by atoms with Gasteiger partial charge < -0.3 is 39.5 Å². The number of benzene rings is 4. The molecule has 4 saturated carbocycles. The Morgan fingerprint density at radius 3 is 1.37 bits per heavy atom. The lowest BCUT2D eigenvalue weighted by Gasteiger charge is -2.60. The Hall–Kier alpha value is -5.39. The summed E-state index contributed by atoms with van der Waals surface area (Å²) < 4.78 is 32.0. The third-order valence-electron chi connectivity index (χ3n) is 18.0. The molecule has 0 aliphatic heterocycles. The summed E-state index contributed by atoms with van der Waals surface area (Å²) in [5.41, 5.74) is 9.06. The Labute approximate surface area is 437 Å². The smallest absolute Gasteiger partial charge is 0.167 e. The first-order valence-corrected chi connectivity index (χ1v) is 26.4. The molecule has 8 rings (SSSR count). The van der Waals surface area contributed by atoms with Gasteiger partial charge in [0.1, 0.15) is 40.3 Å². The van der Waals surface area contributed by atoms with Gasteiger partial charge in [-0.2, -0.15) is 0 Å². The summed E-state index contributed by atoms with van der Waals surface area (Å²) in [5.74, 6) is 4.96. The fraction of sp³-hybridized carbons (Fsp3) is 0.565. The van der Waals surface area contributed by atoms with Crippen LogP contribution < -0.4 is 39.5 Å². The third-order valence-corrected chi connectivity index (χ3v) is 18.0. The van der Waals surface area contributed by atoms with E-state index in [1.807, 2.05) is 61.5 Å². The normalized spacial score (nSPS) is 27.7. The van der Waals surface area contributed by atoms with Crippen LogP contribution in [0.15, 0.2) is 84.9 Å². The van der Waals surface area contributed by atoms with Crippen molar-refractivity contribution in [2.75, 3.05) is 42.7 Å². The first-order valence-electron chi connectivity index (χ1n) is 26.4. The molecule has 11 nitrogen and oxygen atoms in total. The molecule has 398 valence electrons. The second-order valence-electron chi connectivity index (χ2n) is 23.1. The van der Waals surface area contributed by atoms with E-state index in [1.165, 1.54) is 18.4 Å². The van der Waals surface area contributed by atoms with E-state index in [-0.39, 0.29) is 74.6 Å². The second-order valence-corrected chi connectivity index (χ2v) is 23.1. The van der Waals surface area contributed by atoms with Crippen LogP contribution in [0.5, 0.6) is 34.5 Å². The summed E-state index contributed by atoms with van der Waals surface area (Å²) in [5, 5.41) is 3.85. The van der Waals surface area contributed by atoms with Crippen LogP contribution >= 0.6 is 0 Å². The number of carbonyl (C=O) groups excluding carboxylic acids is 3. The Morgan fingerprint density at radius 2 is 0.945 bits per heavy atom. The van der Waals surface area contributed by atoms with Crippen molar-refractivity contribution < 1.29 is 42.8 Å². The maximum atomic E-state index is 14.4. The first kappa shape index (κ1) is 56.9. The maximum Gasteiger partial charge on any atom is 0.167 e. The molecule has 4 aliphatic carbocycles. The monoisotopic (exact) mass is 1000 g/mol. The SMILES string of the molecule is COc1cc(OC)cc(C(=O)[C@H]2[C@@H](C)C(=O)C[C@H]3C(C)(C)CCC[C@]23C)c1.COc1ccc(CN)cc1.COc1ccc(CN[C@@H]2C[C@H]3C(C)(C)CCC[C@]3(C)[C@@H](C(=O)c3cc(OC)cc(OC)c3)[C@@H]2C)cc1. The van der Waals surface area contributed by atoms with Crippen LogP contribution in [0.2, 0.25) is 0 Å². The highest BCUT2D eigenvalue weighted by Crippen LogP contribution is 2.63. The number of nitrogens with one attached hydrogen (secondary N) is 1. The number of carbonyl (C=O) groups is 3. The van der Waals surface area contributed by atoms with Crippen molar-refractivity contribution in [2.24, 2.45) is 62.9 Å². The Bertz CT molecular complexity index is 2430. The zero-order valence-corrected chi connectivity index (χ0v) is 46.4. The number of nitrogens with two attached hydrogens (primary N) is 1. The van der Waals surface area contributed by atoms with Crippen molar-refractivity contribution in [2.45, 2.75) is 126 Å². The van der Waals surface area contributed by atoms with Gasteiger partial charge in [0.2, 0.25) is 0 Å². The van der Waals surface area contributed by atoms with Crippen molar-refractivity contribution in [1.29, 1.82) is 0 Å². The maximum absolute atomic E-state index is 14.4. The highest BCUT2D eigenvalue weighted by Gasteiger charge is 2.60. The average Bonchev–Trinajstić information content (AvgIpc) is 3.38. The molecule has 9 atom stereocenters. The van der Waals surface area contributed by atoms with Crippen LogP contribution in [0.1, 0.15) is 139 Å². The van der Waals surface area contributed by atoms with Crippen LogP contribution in [0.4, 0.5) is 0 Å². The molecule has 0 spiro atoms. The lowest BCUT2D eigenvalue weighted by atomic mass is 9.45. The molecule has 0 heterocycles. The van der Waals surface area contributed by atoms with E-state index >= 15 is 0 Å². The number of rotatable bonds is 14. The minimum atomic E-state index is -0.305. The number of fused-ring (bicyclic) bond motifs is 2. The number of ketones is 3. The van der Waals surface area contributed by atoms with Gasteiger partial charge in [-0.15, -0.1) is 0 Å². The molecule has 4 aliphatic rings. The van der Waals surface area contributed by atoms with Crippen LogP contribution in [-0.2, 0) is 17.9 Å². The predicted molar refractivity (Wildman–Crippen MR) is 290 cm³/mol. The summed E-state index contributed by atoms with van der Waals surface area (Å²) in [6.45, 7) is 19.5. The van der Waals surface area contributed by atoms with Crippen LogP contribution in [0.25, 0.3) is 0 Å². The minimum absolute atomic E-state index is 0.0398. The molecule has 4 fully saturated rings. The van der Waals surface area contributed by atoms with E-state index in [0.717, 1.165) is 55.7 Å². The lowest BCUT2D eigenvalue weighted by Crippen LogP contribution is -2.60. The Balaban J connectivity index is 0.000000205. The highest BCUT2D eigenvalue weighted by atomic mass is 16.5. The Kier molecular flexibility index (Phi) is 18.6. The number of hydrogen-bond donors (Lipinski definition) is 2. The van der Waals surface area contributed by atoms with Gasteiger partial charge in [0.25, 0.3) is 0 Å². The number of ether oxygens (including phenoxy) is 6. The molecule has 73 heavy (non-hydrogen) atoms. The molecule has 4 aromatic rings. The molecular formula is C62H86N2O9. The molecule has 0 amide bonds. The molecule has 0 bridgehead atoms. The van der Waals surface area contributed by atoms with Crippen LogP contribution in [0, 0.1) is 57.2 Å². The molecular weight excluding hydrogens is 917 g/mol. The van der Waals surface area contributed by atoms with E-state index < -0.39 is 0 Å². The second kappa shape index (κ2) is 23.9. The topological polar surface area (TPSA) is 145 Å². The number of methoxy groups -OCH3 is 6. The van der Waals surface area contributed by atoms with E-state index in [4.69, 9.17) is 34.2 Å². The summed E-state index contributed by atoms with van der Waals surface area (Å²) >= 11 is 0. The molecule has 3 N–H and O–H groups in total. The van der Waals surface area contributed by atoms with Gasteiger partial charge in [-0.3, -0.25) is 14.4 Å². The Morgan fingerprint density at radius 1 is 0.548 bits per heavy atom. The first-order chi connectivity index (χ1) is 34.6. The van der Waals surface area contributed by atoms with Gasteiger partial charge >= 0.3 is 0 Å². The van der Waals surface area contributed by atoms with Crippen molar-refractivity contribution in [3.63, 3.8) is 0 Å². The van der Waals surface area contributed by atoms with Gasteiger partial charge in [0, 0.05) is 66.6 Å². The van der Waals surface area contributed by atoms with Gasteiger partial charge in [-0.1, -0.05) is 92.5 Å². The quantitative estimate of drug-likeness (QED) is 0.116. The summed E-state index contributed by atoms with van der Waals surface area (Å²) in [4.78, 5) is 40.9. The largest absolute Gasteiger partial charge is 0.497 e. The van der Waals surface area contributed by atoms with E-state index in [0.29, 0.717) is 53.0 Å². The summed E-state index contributed by atoms with van der Waals surface area (Å²) in [6.07, 6.45) is 8.36.